The molecule has 1 N–H and O–H groups in total. The molecule has 0 spiro atoms. The van der Waals surface area contributed by atoms with Gasteiger partial charge in [0.2, 0.25) is 5.91 Å². The highest BCUT2D eigenvalue weighted by Crippen LogP contribution is 2.32. The molecule has 3 amide bonds. The van der Waals surface area contributed by atoms with Gasteiger partial charge >= 0.3 is 6.03 Å². The van der Waals surface area contributed by atoms with Gasteiger partial charge in [-0.25, -0.2) is 13.9 Å². The summed E-state index contributed by atoms with van der Waals surface area (Å²) in [5, 5.41) is 7.31. The number of rotatable bonds is 5. The van der Waals surface area contributed by atoms with Gasteiger partial charge in [0.05, 0.1) is 17.4 Å². The second-order valence-corrected chi connectivity index (χ2v) is 7.61. The third-order valence-electron chi connectivity index (χ3n) is 5.46. The van der Waals surface area contributed by atoms with Crippen LogP contribution in [-0.2, 0) is 11.3 Å². The predicted octanol–water partition coefficient (Wildman–Crippen LogP) is 2.72. The van der Waals surface area contributed by atoms with Crippen LogP contribution in [0.3, 0.4) is 0 Å². The van der Waals surface area contributed by atoms with Crippen molar-refractivity contribution in [3.63, 3.8) is 0 Å². The first kappa shape index (κ1) is 19.9. The number of aromatic nitrogens is 2. The van der Waals surface area contributed by atoms with E-state index in [1.165, 1.54) is 17.0 Å². The van der Waals surface area contributed by atoms with Crippen molar-refractivity contribution in [1.29, 1.82) is 0 Å². The Labute approximate surface area is 184 Å². The molecule has 5 rings (SSSR count). The first-order valence-electron chi connectivity index (χ1n) is 10.4. The monoisotopic (exact) mass is 432 g/mol. The van der Waals surface area contributed by atoms with Gasteiger partial charge in [-0.2, -0.15) is 5.10 Å². The molecule has 32 heavy (non-hydrogen) atoms. The van der Waals surface area contributed by atoms with Crippen LogP contribution in [0.4, 0.5) is 15.0 Å². The number of carbonyl (C=O) groups is 2. The van der Waals surface area contributed by atoms with Gasteiger partial charge < -0.3 is 5.32 Å². The van der Waals surface area contributed by atoms with Crippen LogP contribution < -0.4 is 10.2 Å². The molecule has 0 aliphatic carbocycles. The molecule has 0 saturated carbocycles. The summed E-state index contributed by atoms with van der Waals surface area (Å²) in [5.41, 5.74) is 2.27. The van der Waals surface area contributed by atoms with E-state index in [1.54, 1.807) is 27.9 Å². The van der Waals surface area contributed by atoms with E-state index in [0.717, 1.165) is 23.2 Å². The Bertz CT molecular complexity index is 1190. The van der Waals surface area contributed by atoms with Crippen molar-refractivity contribution in [3.8, 4) is 5.69 Å². The molecule has 3 aromatic rings. The number of nitrogens with zero attached hydrogens (tertiary/aromatic N) is 5. The van der Waals surface area contributed by atoms with Crippen LogP contribution >= 0.6 is 0 Å². The van der Waals surface area contributed by atoms with Gasteiger partial charge in [-0.05, 0) is 36.2 Å². The maximum Gasteiger partial charge on any atom is 0.331 e. The molecule has 0 unspecified atom stereocenters. The quantitative estimate of drug-likeness (QED) is 0.673. The molecule has 3 heterocycles. The van der Waals surface area contributed by atoms with Crippen LogP contribution in [0.1, 0.15) is 17.5 Å². The highest BCUT2D eigenvalue weighted by Gasteiger charge is 2.40. The van der Waals surface area contributed by atoms with Gasteiger partial charge in [0, 0.05) is 19.6 Å². The lowest BCUT2D eigenvalue weighted by Gasteiger charge is -2.37. The summed E-state index contributed by atoms with van der Waals surface area (Å²) in [7, 11) is 0. The molecule has 0 saturated heterocycles. The van der Waals surface area contributed by atoms with Gasteiger partial charge in [-0.15, -0.1) is 0 Å². The number of nitrogens with one attached hydrogen (secondary N) is 1. The Kier molecular flexibility index (Phi) is 5.14. The normalized spacial score (nSPS) is 15.2. The number of urea groups is 1. The number of benzene rings is 2. The SMILES string of the molecule is O=C(CN1C(=O)N2CCCN=C2c2cnn(-c3ccccc3)c21)NCc1ccc(F)cc1. The third-order valence-corrected chi connectivity index (χ3v) is 5.46. The van der Waals surface area contributed by atoms with Crippen LogP contribution in [0.25, 0.3) is 5.69 Å². The zero-order valence-corrected chi connectivity index (χ0v) is 17.2. The fourth-order valence-electron chi connectivity index (χ4n) is 3.92. The molecule has 2 aliphatic rings. The summed E-state index contributed by atoms with van der Waals surface area (Å²) in [5.74, 6) is 0.461. The highest BCUT2D eigenvalue weighted by atomic mass is 19.1. The number of carbonyl (C=O) groups excluding carboxylic acids is 2. The summed E-state index contributed by atoms with van der Waals surface area (Å²) < 4.78 is 14.8. The van der Waals surface area contributed by atoms with E-state index in [-0.39, 0.29) is 30.8 Å². The number of anilines is 1. The molecule has 0 radical (unpaired) electrons. The maximum absolute atomic E-state index is 13.4. The largest absolute Gasteiger partial charge is 0.350 e. The topological polar surface area (TPSA) is 82.8 Å². The number of hydrogen-bond acceptors (Lipinski definition) is 4. The molecule has 2 aliphatic heterocycles. The van der Waals surface area contributed by atoms with Crippen molar-refractivity contribution in [2.45, 2.75) is 13.0 Å². The van der Waals surface area contributed by atoms with Crippen molar-refractivity contribution in [1.82, 2.24) is 20.0 Å². The van der Waals surface area contributed by atoms with Crippen LogP contribution in [-0.4, -0.2) is 52.1 Å². The molecule has 0 bridgehead atoms. The lowest BCUT2D eigenvalue weighted by Crippen LogP contribution is -2.55. The van der Waals surface area contributed by atoms with Gasteiger partial charge in [-0.3, -0.25) is 19.6 Å². The molecular formula is C23H21FN6O2. The van der Waals surface area contributed by atoms with E-state index < -0.39 is 0 Å². The Morgan fingerprint density at radius 1 is 1.09 bits per heavy atom. The number of fused-ring (bicyclic) bond motifs is 3. The number of para-hydroxylation sites is 1. The molecule has 162 valence electrons. The first-order chi connectivity index (χ1) is 15.6. The summed E-state index contributed by atoms with van der Waals surface area (Å²) in [6, 6.07) is 15.1. The Morgan fingerprint density at radius 3 is 2.66 bits per heavy atom. The van der Waals surface area contributed by atoms with Crippen molar-refractivity contribution in [2.24, 2.45) is 4.99 Å². The average molecular weight is 432 g/mol. The first-order valence-corrected chi connectivity index (χ1v) is 10.4. The molecule has 8 nitrogen and oxygen atoms in total. The molecule has 9 heteroatoms. The minimum atomic E-state index is -0.334. The van der Waals surface area contributed by atoms with Gasteiger partial charge in [0.1, 0.15) is 18.2 Å². The van der Waals surface area contributed by atoms with Crippen molar-refractivity contribution in [3.05, 3.63) is 77.7 Å². The molecule has 2 aromatic carbocycles. The highest BCUT2D eigenvalue weighted by molar-refractivity contribution is 6.19. The van der Waals surface area contributed by atoms with Crippen LogP contribution in [0, 0.1) is 5.82 Å². The second-order valence-electron chi connectivity index (χ2n) is 7.61. The van der Waals surface area contributed by atoms with Crippen LogP contribution in [0.15, 0.2) is 65.8 Å². The number of halogens is 1. The van der Waals surface area contributed by atoms with E-state index >= 15 is 0 Å². The van der Waals surface area contributed by atoms with E-state index in [2.05, 4.69) is 15.4 Å². The number of amides is 3. The van der Waals surface area contributed by atoms with Crippen molar-refractivity contribution in [2.75, 3.05) is 24.5 Å². The number of hydrogen-bond donors (Lipinski definition) is 1. The molecule has 0 atom stereocenters. The lowest BCUT2D eigenvalue weighted by molar-refractivity contribution is -0.119. The Morgan fingerprint density at radius 2 is 1.88 bits per heavy atom. The molecule has 1 aromatic heterocycles. The van der Waals surface area contributed by atoms with E-state index in [4.69, 9.17) is 0 Å². The average Bonchev–Trinajstić information content (AvgIpc) is 3.27. The van der Waals surface area contributed by atoms with Gasteiger partial charge in [0.25, 0.3) is 0 Å². The van der Waals surface area contributed by atoms with Crippen LogP contribution in [0.2, 0.25) is 0 Å². The zero-order chi connectivity index (χ0) is 22.1. The van der Waals surface area contributed by atoms with Gasteiger partial charge in [0.15, 0.2) is 5.82 Å². The summed E-state index contributed by atoms with van der Waals surface area (Å²) in [6.07, 6.45) is 2.46. The smallest absolute Gasteiger partial charge is 0.331 e. The summed E-state index contributed by atoms with van der Waals surface area (Å²) in [4.78, 5) is 33.7. The van der Waals surface area contributed by atoms with Crippen molar-refractivity contribution >= 4 is 23.6 Å². The fraction of sp³-hybridized carbons (Fsp3) is 0.217. The second kappa shape index (κ2) is 8.26. The zero-order valence-electron chi connectivity index (χ0n) is 17.2. The third kappa shape index (κ3) is 3.62. The summed E-state index contributed by atoms with van der Waals surface area (Å²) in [6.45, 7) is 1.26. The minimum absolute atomic E-state index is 0.171. The fourth-order valence-corrected chi connectivity index (χ4v) is 3.92. The van der Waals surface area contributed by atoms with E-state index in [0.29, 0.717) is 24.7 Å². The number of amidine groups is 1. The van der Waals surface area contributed by atoms with E-state index in [1.807, 2.05) is 30.3 Å². The lowest BCUT2D eigenvalue weighted by atomic mass is 10.1. The summed E-state index contributed by atoms with van der Waals surface area (Å²) >= 11 is 0. The molecular weight excluding hydrogens is 411 g/mol. The Balaban J connectivity index is 1.45. The van der Waals surface area contributed by atoms with Crippen molar-refractivity contribution < 1.29 is 14.0 Å². The number of aliphatic imine (C=N–C) groups is 1. The standard InChI is InChI=1S/C23H21FN6O2/c24-17-9-7-16(8-10-17)13-26-20(31)15-29-22-19(21-25-11-4-12-28(21)23(29)32)14-27-30(22)18-5-2-1-3-6-18/h1-3,5-10,14H,4,11-13,15H2,(H,26,31). The van der Waals surface area contributed by atoms with Crippen LogP contribution in [0.5, 0.6) is 0 Å². The van der Waals surface area contributed by atoms with Gasteiger partial charge in [-0.1, -0.05) is 30.3 Å². The van der Waals surface area contributed by atoms with E-state index in [9.17, 15) is 14.0 Å². The minimum Gasteiger partial charge on any atom is -0.350 e. The maximum atomic E-state index is 13.4. The Hall–Kier alpha value is -4.01. The molecule has 0 fully saturated rings. The predicted molar refractivity (Wildman–Crippen MR) is 117 cm³/mol.